The summed E-state index contributed by atoms with van der Waals surface area (Å²) in [6.07, 6.45) is 3.72. The lowest BCUT2D eigenvalue weighted by molar-refractivity contribution is -0.132. The van der Waals surface area contributed by atoms with Crippen molar-refractivity contribution in [3.8, 4) is 0 Å². The second-order valence-electron chi connectivity index (χ2n) is 5.28. The molecule has 1 aliphatic carbocycles. The van der Waals surface area contributed by atoms with Gasteiger partial charge < -0.3 is 4.57 Å². The largest absolute Gasteiger partial charge is 0.305 e. The van der Waals surface area contributed by atoms with Crippen LogP contribution in [0.3, 0.4) is 0 Å². The van der Waals surface area contributed by atoms with Crippen LogP contribution < -0.4 is 0 Å². The van der Waals surface area contributed by atoms with Gasteiger partial charge in [0, 0.05) is 11.1 Å². The molecule has 15 heavy (non-hydrogen) atoms. The highest BCUT2D eigenvalue weighted by molar-refractivity contribution is 6.79. The molecule has 2 rings (SSSR count). The molecule has 1 aliphatic heterocycles. The third-order valence-corrected chi connectivity index (χ3v) is 4.81. The Morgan fingerprint density at radius 1 is 0.933 bits per heavy atom. The van der Waals surface area contributed by atoms with Gasteiger partial charge in [-0.15, -0.1) is 0 Å². The van der Waals surface area contributed by atoms with E-state index in [2.05, 4.69) is 0 Å². The van der Waals surface area contributed by atoms with Crippen molar-refractivity contribution in [2.45, 2.75) is 45.3 Å². The standard InChI is InChI=1S/C11H17NO2Si/c1-15(2,3)12-10(13)8-6-4-5-7-9(8)11(12)14/h4-7H2,1-3H3. The predicted octanol–water partition coefficient (Wildman–Crippen LogP) is 2.06. The summed E-state index contributed by atoms with van der Waals surface area (Å²) in [6, 6.07) is 0. The maximum atomic E-state index is 12.1. The molecular formula is C11H17NO2Si. The Labute approximate surface area is 91.2 Å². The van der Waals surface area contributed by atoms with E-state index in [1.165, 1.54) is 0 Å². The van der Waals surface area contributed by atoms with Crippen LogP contribution in [0, 0.1) is 0 Å². The summed E-state index contributed by atoms with van der Waals surface area (Å²) in [6.45, 7) is 6.13. The van der Waals surface area contributed by atoms with Gasteiger partial charge in [-0.2, -0.15) is 0 Å². The lowest BCUT2D eigenvalue weighted by Gasteiger charge is -2.28. The van der Waals surface area contributed by atoms with Gasteiger partial charge in [-0.25, -0.2) is 0 Å². The van der Waals surface area contributed by atoms with E-state index in [0.717, 1.165) is 36.8 Å². The minimum Gasteiger partial charge on any atom is -0.305 e. The van der Waals surface area contributed by atoms with Crippen LogP contribution in [0.1, 0.15) is 25.7 Å². The molecule has 0 saturated carbocycles. The molecule has 0 aromatic rings. The summed E-state index contributed by atoms with van der Waals surface area (Å²) >= 11 is 0. The highest BCUT2D eigenvalue weighted by atomic mass is 28.3. The van der Waals surface area contributed by atoms with Gasteiger partial charge in [0.2, 0.25) is 11.8 Å². The number of hydrogen-bond acceptors (Lipinski definition) is 2. The molecule has 3 nitrogen and oxygen atoms in total. The maximum Gasteiger partial charge on any atom is 0.249 e. The van der Waals surface area contributed by atoms with Crippen molar-refractivity contribution in [2.75, 3.05) is 0 Å². The van der Waals surface area contributed by atoms with E-state index in [9.17, 15) is 9.59 Å². The number of hydrogen-bond donors (Lipinski definition) is 0. The average Bonchev–Trinajstić information content (AvgIpc) is 2.39. The Kier molecular flexibility index (Phi) is 2.33. The molecule has 0 radical (unpaired) electrons. The number of nitrogens with zero attached hydrogens (tertiary/aromatic N) is 1. The van der Waals surface area contributed by atoms with Crippen LogP contribution in [0.15, 0.2) is 11.1 Å². The van der Waals surface area contributed by atoms with Crippen LogP contribution in [-0.4, -0.2) is 24.6 Å². The summed E-state index contributed by atoms with van der Waals surface area (Å²) in [4.78, 5) is 24.2. The molecule has 82 valence electrons. The first kappa shape index (κ1) is 10.6. The third-order valence-electron chi connectivity index (χ3n) is 3.06. The van der Waals surface area contributed by atoms with Crippen LogP contribution >= 0.6 is 0 Å². The first-order valence-electron chi connectivity index (χ1n) is 5.54. The van der Waals surface area contributed by atoms with E-state index in [-0.39, 0.29) is 11.8 Å². The molecule has 0 unspecified atom stereocenters. The highest BCUT2D eigenvalue weighted by Gasteiger charge is 2.44. The van der Waals surface area contributed by atoms with Crippen molar-refractivity contribution in [1.29, 1.82) is 0 Å². The van der Waals surface area contributed by atoms with E-state index in [1.807, 2.05) is 19.6 Å². The Bertz CT molecular complexity index is 337. The topological polar surface area (TPSA) is 37.4 Å². The SMILES string of the molecule is C[Si](C)(C)N1C(=O)C2=C(CCCC2)C1=O. The lowest BCUT2D eigenvalue weighted by Crippen LogP contribution is -2.50. The van der Waals surface area contributed by atoms with Gasteiger partial charge >= 0.3 is 0 Å². The van der Waals surface area contributed by atoms with Crippen LogP contribution in [-0.2, 0) is 9.59 Å². The molecule has 0 aromatic heterocycles. The summed E-state index contributed by atoms with van der Waals surface area (Å²) in [5, 5.41) is 0. The van der Waals surface area contributed by atoms with Crippen molar-refractivity contribution < 1.29 is 9.59 Å². The first-order valence-corrected chi connectivity index (χ1v) is 8.98. The van der Waals surface area contributed by atoms with Crippen molar-refractivity contribution in [2.24, 2.45) is 0 Å². The molecule has 0 saturated heterocycles. The predicted molar refractivity (Wildman–Crippen MR) is 60.7 cm³/mol. The minimum atomic E-state index is -1.85. The van der Waals surface area contributed by atoms with Crippen LogP contribution in [0.5, 0.6) is 0 Å². The van der Waals surface area contributed by atoms with E-state index in [0.29, 0.717) is 0 Å². The second-order valence-corrected chi connectivity index (χ2v) is 10.1. The quantitative estimate of drug-likeness (QED) is 0.504. The fourth-order valence-corrected chi connectivity index (χ4v) is 3.84. The summed E-state index contributed by atoms with van der Waals surface area (Å²) < 4.78 is 1.56. The molecule has 2 aliphatic rings. The monoisotopic (exact) mass is 223 g/mol. The fraction of sp³-hybridized carbons (Fsp3) is 0.636. The van der Waals surface area contributed by atoms with Gasteiger partial charge in [-0.1, -0.05) is 19.6 Å². The maximum absolute atomic E-state index is 12.1. The molecule has 0 aromatic carbocycles. The van der Waals surface area contributed by atoms with Gasteiger partial charge in [0.25, 0.3) is 0 Å². The lowest BCUT2D eigenvalue weighted by atomic mass is 9.93. The molecule has 4 heteroatoms. The van der Waals surface area contributed by atoms with E-state index < -0.39 is 8.24 Å². The Morgan fingerprint density at radius 2 is 1.33 bits per heavy atom. The zero-order valence-electron chi connectivity index (χ0n) is 9.59. The number of rotatable bonds is 1. The second kappa shape index (κ2) is 3.30. The van der Waals surface area contributed by atoms with Crippen molar-refractivity contribution >= 4 is 20.0 Å². The van der Waals surface area contributed by atoms with Crippen molar-refractivity contribution in [3.63, 3.8) is 0 Å². The molecule has 0 spiro atoms. The molecule has 0 atom stereocenters. The summed E-state index contributed by atoms with van der Waals surface area (Å²) in [7, 11) is -1.85. The number of amides is 2. The first-order chi connectivity index (χ1) is 6.93. The fourth-order valence-electron chi connectivity index (χ4n) is 2.35. The minimum absolute atomic E-state index is 0.00821. The normalized spacial score (nSPS) is 22.5. The zero-order chi connectivity index (χ0) is 11.2. The summed E-state index contributed by atoms with van der Waals surface area (Å²) in [5.41, 5.74) is 1.63. The average molecular weight is 223 g/mol. The Hall–Kier alpha value is -0.903. The summed E-state index contributed by atoms with van der Waals surface area (Å²) in [5.74, 6) is 0.0164. The smallest absolute Gasteiger partial charge is 0.249 e. The molecule has 1 heterocycles. The molecule has 2 amide bonds. The van der Waals surface area contributed by atoms with Gasteiger partial charge in [0.15, 0.2) is 8.24 Å². The van der Waals surface area contributed by atoms with E-state index in [1.54, 1.807) is 4.57 Å². The molecule has 0 fully saturated rings. The van der Waals surface area contributed by atoms with Crippen LogP contribution in [0.25, 0.3) is 0 Å². The highest BCUT2D eigenvalue weighted by Crippen LogP contribution is 2.35. The molecule has 0 N–H and O–H groups in total. The Morgan fingerprint density at radius 3 is 1.67 bits per heavy atom. The number of carbonyl (C=O) groups excluding carboxylic acids is 2. The van der Waals surface area contributed by atoms with Crippen LogP contribution in [0.2, 0.25) is 19.6 Å². The van der Waals surface area contributed by atoms with Gasteiger partial charge in [0.1, 0.15) is 0 Å². The third kappa shape index (κ3) is 1.57. The number of imide groups is 1. The molecule has 0 bridgehead atoms. The van der Waals surface area contributed by atoms with Crippen molar-refractivity contribution in [1.82, 2.24) is 4.57 Å². The van der Waals surface area contributed by atoms with Gasteiger partial charge in [0.05, 0.1) is 0 Å². The molecular weight excluding hydrogens is 206 g/mol. The van der Waals surface area contributed by atoms with Gasteiger partial charge in [-0.3, -0.25) is 9.59 Å². The van der Waals surface area contributed by atoms with Gasteiger partial charge in [-0.05, 0) is 25.7 Å². The van der Waals surface area contributed by atoms with Crippen molar-refractivity contribution in [3.05, 3.63) is 11.1 Å². The van der Waals surface area contributed by atoms with E-state index >= 15 is 0 Å². The van der Waals surface area contributed by atoms with Crippen LogP contribution in [0.4, 0.5) is 0 Å². The zero-order valence-corrected chi connectivity index (χ0v) is 10.6. The Balaban J connectivity index is 2.38. The number of carbonyl (C=O) groups is 2. The van der Waals surface area contributed by atoms with E-state index in [4.69, 9.17) is 0 Å².